The van der Waals surface area contributed by atoms with E-state index in [2.05, 4.69) is 30.1 Å². The van der Waals surface area contributed by atoms with Gasteiger partial charge in [-0.15, -0.1) is 0 Å². The van der Waals surface area contributed by atoms with Crippen LogP contribution in [0.15, 0.2) is 42.7 Å². The molecular weight excluding hydrogens is 254 g/mol. The average molecular weight is 274 g/mol. The lowest BCUT2D eigenvalue weighted by Crippen LogP contribution is -1.95. The number of pyridine rings is 1. The van der Waals surface area contributed by atoms with Gasteiger partial charge in [-0.1, -0.05) is 36.7 Å². The third kappa shape index (κ3) is 4.07. The van der Waals surface area contributed by atoms with Crippen LogP contribution in [-0.4, -0.2) is 4.98 Å². The molecule has 0 saturated heterocycles. The summed E-state index contributed by atoms with van der Waals surface area (Å²) in [7, 11) is 0. The van der Waals surface area contributed by atoms with Crippen LogP contribution in [0.25, 0.3) is 0 Å². The van der Waals surface area contributed by atoms with E-state index in [0.29, 0.717) is 0 Å². The molecule has 0 bridgehead atoms. The second-order valence-corrected chi connectivity index (χ2v) is 5.20. The van der Waals surface area contributed by atoms with Crippen molar-refractivity contribution in [3.8, 4) is 0 Å². The Balaban J connectivity index is 1.83. The molecule has 2 rings (SSSR count). The smallest absolute Gasteiger partial charge is 0.0437 e. The van der Waals surface area contributed by atoms with Gasteiger partial charge in [0.15, 0.2) is 0 Å². The fraction of sp³-hybridized carbons (Fsp3) is 0.353. The molecule has 0 N–H and O–H groups in total. The van der Waals surface area contributed by atoms with Crippen LogP contribution in [0.3, 0.4) is 0 Å². The normalized spacial score (nSPS) is 10.6. The van der Waals surface area contributed by atoms with Gasteiger partial charge in [0.1, 0.15) is 0 Å². The number of benzene rings is 1. The number of aromatic nitrogens is 1. The Labute approximate surface area is 120 Å². The van der Waals surface area contributed by atoms with Crippen LogP contribution in [-0.2, 0) is 19.3 Å². The SMILES string of the molecule is CCc1cnccc1CCCCc1ccccc1Cl. The van der Waals surface area contributed by atoms with E-state index in [4.69, 9.17) is 11.6 Å². The zero-order chi connectivity index (χ0) is 13.5. The molecule has 0 aliphatic rings. The summed E-state index contributed by atoms with van der Waals surface area (Å²) >= 11 is 6.16. The summed E-state index contributed by atoms with van der Waals surface area (Å²) in [6.45, 7) is 2.18. The molecule has 0 atom stereocenters. The molecule has 0 fully saturated rings. The van der Waals surface area contributed by atoms with Crippen LogP contribution in [0.4, 0.5) is 0 Å². The van der Waals surface area contributed by atoms with E-state index in [-0.39, 0.29) is 0 Å². The third-order valence-corrected chi connectivity index (χ3v) is 3.85. The highest BCUT2D eigenvalue weighted by Crippen LogP contribution is 2.18. The Bertz CT molecular complexity index is 522. The second kappa shape index (κ2) is 7.30. The van der Waals surface area contributed by atoms with E-state index < -0.39 is 0 Å². The van der Waals surface area contributed by atoms with Crippen molar-refractivity contribution in [1.29, 1.82) is 0 Å². The highest BCUT2D eigenvalue weighted by Gasteiger charge is 2.02. The number of rotatable bonds is 6. The van der Waals surface area contributed by atoms with E-state index in [1.807, 2.05) is 24.5 Å². The van der Waals surface area contributed by atoms with Gasteiger partial charge >= 0.3 is 0 Å². The van der Waals surface area contributed by atoms with Crippen LogP contribution in [0.2, 0.25) is 5.02 Å². The number of halogens is 1. The molecule has 1 nitrogen and oxygen atoms in total. The van der Waals surface area contributed by atoms with Crippen molar-refractivity contribution in [2.24, 2.45) is 0 Å². The first-order chi connectivity index (χ1) is 9.31. The summed E-state index contributed by atoms with van der Waals surface area (Å²) < 4.78 is 0. The Hall–Kier alpha value is -1.34. The zero-order valence-corrected chi connectivity index (χ0v) is 12.2. The number of hydrogen-bond donors (Lipinski definition) is 0. The third-order valence-electron chi connectivity index (χ3n) is 3.49. The van der Waals surface area contributed by atoms with Gasteiger partial charge in [0.05, 0.1) is 0 Å². The van der Waals surface area contributed by atoms with Crippen LogP contribution in [0, 0.1) is 0 Å². The molecule has 0 unspecified atom stereocenters. The Kier molecular flexibility index (Phi) is 5.41. The molecule has 0 spiro atoms. The fourth-order valence-corrected chi connectivity index (χ4v) is 2.58. The van der Waals surface area contributed by atoms with E-state index in [1.165, 1.54) is 29.5 Å². The van der Waals surface area contributed by atoms with Crippen molar-refractivity contribution in [2.75, 3.05) is 0 Å². The van der Waals surface area contributed by atoms with Gasteiger partial charge in [0.2, 0.25) is 0 Å². The minimum Gasteiger partial charge on any atom is -0.264 e. The van der Waals surface area contributed by atoms with Crippen molar-refractivity contribution < 1.29 is 0 Å². The van der Waals surface area contributed by atoms with Crippen molar-refractivity contribution in [2.45, 2.75) is 39.0 Å². The lowest BCUT2D eigenvalue weighted by atomic mass is 10.0. The Morgan fingerprint density at radius 3 is 2.42 bits per heavy atom. The highest BCUT2D eigenvalue weighted by atomic mass is 35.5. The monoisotopic (exact) mass is 273 g/mol. The van der Waals surface area contributed by atoms with Crippen molar-refractivity contribution in [3.63, 3.8) is 0 Å². The molecule has 0 radical (unpaired) electrons. The summed E-state index contributed by atoms with van der Waals surface area (Å²) in [5.74, 6) is 0. The predicted molar refractivity (Wildman–Crippen MR) is 81.7 cm³/mol. The molecule has 1 aromatic heterocycles. The van der Waals surface area contributed by atoms with Gasteiger partial charge in [-0.05, 0) is 60.9 Å². The molecule has 0 aliphatic carbocycles. The highest BCUT2D eigenvalue weighted by molar-refractivity contribution is 6.31. The summed E-state index contributed by atoms with van der Waals surface area (Å²) in [4.78, 5) is 4.19. The molecule has 0 amide bonds. The van der Waals surface area contributed by atoms with Crippen LogP contribution in [0.1, 0.15) is 36.5 Å². The van der Waals surface area contributed by atoms with E-state index >= 15 is 0 Å². The molecule has 100 valence electrons. The van der Waals surface area contributed by atoms with Crippen LogP contribution < -0.4 is 0 Å². The number of nitrogens with zero attached hydrogens (tertiary/aromatic N) is 1. The van der Waals surface area contributed by atoms with E-state index in [9.17, 15) is 0 Å². The van der Waals surface area contributed by atoms with Gasteiger partial charge in [-0.2, -0.15) is 0 Å². The first-order valence-electron chi connectivity index (χ1n) is 6.96. The number of unbranched alkanes of at least 4 members (excludes halogenated alkanes) is 1. The van der Waals surface area contributed by atoms with Crippen molar-refractivity contribution >= 4 is 11.6 Å². The molecule has 0 saturated carbocycles. The number of aryl methyl sites for hydroxylation is 3. The molecule has 2 aromatic rings. The Morgan fingerprint density at radius 1 is 0.947 bits per heavy atom. The van der Waals surface area contributed by atoms with Gasteiger partial charge in [-0.3, -0.25) is 4.98 Å². The van der Waals surface area contributed by atoms with Crippen LogP contribution in [0.5, 0.6) is 0 Å². The number of hydrogen-bond acceptors (Lipinski definition) is 1. The standard InChI is InChI=1S/C17H20ClN/c1-2-14-13-19-12-11-15(14)7-3-4-8-16-9-5-6-10-17(16)18/h5-6,9-13H,2-4,7-8H2,1H3. The molecule has 2 heteroatoms. The fourth-order valence-electron chi connectivity index (χ4n) is 2.35. The van der Waals surface area contributed by atoms with E-state index in [0.717, 1.165) is 24.3 Å². The topological polar surface area (TPSA) is 12.9 Å². The van der Waals surface area contributed by atoms with Crippen LogP contribution >= 0.6 is 11.6 Å². The molecule has 19 heavy (non-hydrogen) atoms. The summed E-state index contributed by atoms with van der Waals surface area (Å²) in [5, 5.41) is 0.889. The minimum atomic E-state index is 0.889. The summed E-state index contributed by atoms with van der Waals surface area (Å²) in [5.41, 5.74) is 4.08. The molecule has 1 heterocycles. The zero-order valence-electron chi connectivity index (χ0n) is 11.4. The maximum Gasteiger partial charge on any atom is 0.0437 e. The van der Waals surface area contributed by atoms with Gasteiger partial charge in [0.25, 0.3) is 0 Å². The lowest BCUT2D eigenvalue weighted by molar-refractivity contribution is 0.729. The summed E-state index contributed by atoms with van der Waals surface area (Å²) in [6, 6.07) is 10.3. The lowest BCUT2D eigenvalue weighted by Gasteiger charge is -2.07. The maximum atomic E-state index is 6.16. The second-order valence-electron chi connectivity index (χ2n) is 4.80. The minimum absolute atomic E-state index is 0.889. The molecule has 0 aliphatic heterocycles. The maximum absolute atomic E-state index is 6.16. The van der Waals surface area contributed by atoms with Gasteiger partial charge in [-0.25, -0.2) is 0 Å². The van der Waals surface area contributed by atoms with Crippen molar-refractivity contribution in [1.82, 2.24) is 4.98 Å². The Morgan fingerprint density at radius 2 is 1.68 bits per heavy atom. The van der Waals surface area contributed by atoms with E-state index in [1.54, 1.807) is 0 Å². The largest absolute Gasteiger partial charge is 0.264 e. The van der Waals surface area contributed by atoms with Crippen molar-refractivity contribution in [3.05, 3.63) is 64.4 Å². The van der Waals surface area contributed by atoms with Gasteiger partial charge in [0, 0.05) is 17.4 Å². The summed E-state index contributed by atoms with van der Waals surface area (Å²) in [6.07, 6.45) is 9.51. The quantitative estimate of drug-likeness (QED) is 0.685. The first kappa shape index (κ1) is 14.1. The molecule has 1 aromatic carbocycles. The van der Waals surface area contributed by atoms with Gasteiger partial charge < -0.3 is 0 Å². The molecular formula is C17H20ClN. The average Bonchev–Trinajstić information content (AvgIpc) is 2.45. The predicted octanol–water partition coefficient (Wildman–Crippen LogP) is 4.86. The first-order valence-corrected chi connectivity index (χ1v) is 7.34.